The lowest BCUT2D eigenvalue weighted by atomic mass is 10.2. The van der Waals surface area contributed by atoms with Crippen molar-refractivity contribution in [2.45, 2.75) is 38.1 Å². The summed E-state index contributed by atoms with van der Waals surface area (Å²) >= 11 is 0. The van der Waals surface area contributed by atoms with Crippen LogP contribution in [0.3, 0.4) is 0 Å². The van der Waals surface area contributed by atoms with E-state index >= 15 is 0 Å². The van der Waals surface area contributed by atoms with Crippen molar-refractivity contribution >= 4 is 21.6 Å². The van der Waals surface area contributed by atoms with Crippen LogP contribution in [-0.2, 0) is 14.8 Å². The van der Waals surface area contributed by atoms with Gasteiger partial charge >= 0.3 is 0 Å². The number of carbonyl (C=O) groups is 1. The highest BCUT2D eigenvalue weighted by atomic mass is 32.2. The van der Waals surface area contributed by atoms with Gasteiger partial charge in [-0.2, -0.15) is 4.72 Å². The molecule has 7 heteroatoms. The van der Waals surface area contributed by atoms with Gasteiger partial charge in [0.1, 0.15) is 0 Å². The number of aryl methyl sites for hydroxylation is 1. The molecule has 0 fully saturated rings. The molecule has 2 rings (SSSR count). The molecular weight excluding hydrogens is 374 g/mol. The average Bonchev–Trinajstić information content (AvgIpc) is 2.68. The number of para-hydroxylation sites is 1. The molecule has 0 radical (unpaired) electrons. The van der Waals surface area contributed by atoms with E-state index in [0.29, 0.717) is 6.54 Å². The zero-order valence-electron chi connectivity index (χ0n) is 16.7. The first-order valence-electron chi connectivity index (χ1n) is 9.50. The van der Waals surface area contributed by atoms with Crippen LogP contribution in [0.2, 0.25) is 0 Å². The van der Waals surface area contributed by atoms with Gasteiger partial charge in [0.2, 0.25) is 15.9 Å². The van der Waals surface area contributed by atoms with Gasteiger partial charge in [0.15, 0.2) is 0 Å². The first kappa shape index (κ1) is 21.9. The monoisotopic (exact) mass is 403 g/mol. The maximum Gasteiger partial charge on any atom is 0.241 e. The van der Waals surface area contributed by atoms with Gasteiger partial charge in [-0.1, -0.05) is 35.9 Å². The molecule has 2 aromatic rings. The van der Waals surface area contributed by atoms with E-state index in [4.69, 9.17) is 0 Å². The van der Waals surface area contributed by atoms with Crippen LogP contribution >= 0.6 is 0 Å². The van der Waals surface area contributed by atoms with Crippen LogP contribution in [0.15, 0.2) is 59.5 Å². The quantitative estimate of drug-likeness (QED) is 0.598. The van der Waals surface area contributed by atoms with E-state index < -0.39 is 16.1 Å². The van der Waals surface area contributed by atoms with Gasteiger partial charge in [-0.3, -0.25) is 4.79 Å². The molecule has 0 heterocycles. The fraction of sp³-hybridized carbons (Fsp3) is 0.381. The van der Waals surface area contributed by atoms with E-state index in [0.717, 1.165) is 30.8 Å². The maximum atomic E-state index is 12.4. The summed E-state index contributed by atoms with van der Waals surface area (Å²) in [6.07, 6.45) is 0.770. The van der Waals surface area contributed by atoms with Crippen molar-refractivity contribution in [2.24, 2.45) is 0 Å². The first-order chi connectivity index (χ1) is 13.3. The van der Waals surface area contributed by atoms with Crippen LogP contribution in [0.1, 0.15) is 25.8 Å². The molecular formula is C21H29N3O3S. The van der Waals surface area contributed by atoms with Crippen LogP contribution in [0.4, 0.5) is 5.69 Å². The number of nitrogens with zero attached hydrogens (tertiary/aromatic N) is 1. The molecule has 0 unspecified atom stereocenters. The third-order valence-corrected chi connectivity index (χ3v) is 6.02. The van der Waals surface area contributed by atoms with E-state index in [9.17, 15) is 13.2 Å². The van der Waals surface area contributed by atoms with Crippen molar-refractivity contribution in [3.63, 3.8) is 0 Å². The Bertz CT molecular complexity index is 852. The Morgan fingerprint density at radius 1 is 1.07 bits per heavy atom. The van der Waals surface area contributed by atoms with Crippen molar-refractivity contribution in [2.75, 3.05) is 24.5 Å². The van der Waals surface area contributed by atoms with Crippen molar-refractivity contribution in [1.82, 2.24) is 10.0 Å². The lowest BCUT2D eigenvalue weighted by Crippen LogP contribution is -2.45. The van der Waals surface area contributed by atoms with E-state index in [2.05, 4.69) is 34.0 Å². The molecule has 0 aromatic heterocycles. The number of benzene rings is 2. The highest BCUT2D eigenvalue weighted by molar-refractivity contribution is 7.89. The van der Waals surface area contributed by atoms with E-state index in [1.165, 1.54) is 12.1 Å². The summed E-state index contributed by atoms with van der Waals surface area (Å²) in [4.78, 5) is 14.6. The summed E-state index contributed by atoms with van der Waals surface area (Å²) in [5, 5.41) is 2.80. The molecule has 1 atom stereocenters. The maximum absolute atomic E-state index is 12.4. The second-order valence-corrected chi connectivity index (χ2v) is 8.43. The number of hydrogen-bond donors (Lipinski definition) is 2. The van der Waals surface area contributed by atoms with Crippen molar-refractivity contribution in [3.8, 4) is 0 Å². The Labute approximate surface area is 168 Å². The SMILES string of the molecule is CCN(CCCNC(=O)[C@H](C)NS(=O)(=O)c1ccc(C)cc1)c1ccccc1. The van der Waals surface area contributed by atoms with Crippen molar-refractivity contribution in [1.29, 1.82) is 0 Å². The molecule has 0 aliphatic heterocycles. The summed E-state index contributed by atoms with van der Waals surface area (Å²) < 4.78 is 27.2. The number of anilines is 1. The summed E-state index contributed by atoms with van der Waals surface area (Å²) in [5.74, 6) is -0.335. The Balaban J connectivity index is 1.80. The number of amides is 1. The van der Waals surface area contributed by atoms with E-state index in [-0.39, 0.29) is 10.8 Å². The molecule has 0 saturated carbocycles. The van der Waals surface area contributed by atoms with Gasteiger partial charge in [0.25, 0.3) is 0 Å². The van der Waals surface area contributed by atoms with E-state index in [1.807, 2.05) is 25.1 Å². The fourth-order valence-corrected chi connectivity index (χ4v) is 4.02. The average molecular weight is 404 g/mol. The Morgan fingerprint density at radius 3 is 2.32 bits per heavy atom. The fourth-order valence-electron chi connectivity index (χ4n) is 2.81. The third kappa shape index (κ3) is 6.35. The number of carbonyl (C=O) groups excluding carboxylic acids is 1. The number of rotatable bonds is 10. The normalized spacial score (nSPS) is 12.4. The molecule has 152 valence electrons. The van der Waals surface area contributed by atoms with Crippen LogP contribution in [0.25, 0.3) is 0 Å². The lowest BCUT2D eigenvalue weighted by molar-refractivity contribution is -0.122. The molecule has 0 saturated heterocycles. The molecule has 2 N–H and O–H groups in total. The Morgan fingerprint density at radius 2 is 1.71 bits per heavy atom. The van der Waals surface area contributed by atoms with Gasteiger partial charge in [-0.15, -0.1) is 0 Å². The Kier molecular flexibility index (Phi) is 8.02. The number of nitrogens with one attached hydrogen (secondary N) is 2. The minimum atomic E-state index is -3.72. The van der Waals surface area contributed by atoms with Crippen molar-refractivity contribution < 1.29 is 13.2 Å². The van der Waals surface area contributed by atoms with Crippen molar-refractivity contribution in [3.05, 3.63) is 60.2 Å². The minimum absolute atomic E-state index is 0.152. The standard InChI is InChI=1S/C21H29N3O3S/c1-4-24(19-9-6-5-7-10-19)16-8-15-22-21(25)18(3)23-28(26,27)20-13-11-17(2)12-14-20/h5-7,9-14,18,23H,4,8,15-16H2,1-3H3,(H,22,25)/t18-/m0/s1. The largest absolute Gasteiger partial charge is 0.372 e. The van der Waals surface area contributed by atoms with E-state index in [1.54, 1.807) is 19.1 Å². The highest BCUT2D eigenvalue weighted by Gasteiger charge is 2.21. The summed E-state index contributed by atoms with van der Waals surface area (Å²) in [6.45, 7) is 7.70. The predicted molar refractivity (Wildman–Crippen MR) is 113 cm³/mol. The summed E-state index contributed by atoms with van der Waals surface area (Å²) in [7, 11) is -3.72. The third-order valence-electron chi connectivity index (χ3n) is 4.46. The second-order valence-electron chi connectivity index (χ2n) is 6.72. The zero-order valence-corrected chi connectivity index (χ0v) is 17.5. The minimum Gasteiger partial charge on any atom is -0.372 e. The predicted octanol–water partition coefficient (Wildman–Crippen LogP) is 2.69. The topological polar surface area (TPSA) is 78.5 Å². The van der Waals surface area contributed by atoms with Gasteiger partial charge in [0.05, 0.1) is 10.9 Å². The smallest absolute Gasteiger partial charge is 0.241 e. The molecule has 6 nitrogen and oxygen atoms in total. The van der Waals surface area contributed by atoms with Crippen LogP contribution < -0.4 is 14.9 Å². The lowest BCUT2D eigenvalue weighted by Gasteiger charge is -2.23. The van der Waals surface area contributed by atoms with Crippen LogP contribution in [0, 0.1) is 6.92 Å². The summed E-state index contributed by atoms with van der Waals surface area (Å²) in [6, 6.07) is 15.8. The van der Waals surface area contributed by atoms with Gasteiger partial charge in [-0.05, 0) is 51.5 Å². The van der Waals surface area contributed by atoms with Crippen LogP contribution in [-0.4, -0.2) is 40.0 Å². The molecule has 28 heavy (non-hydrogen) atoms. The second kappa shape index (κ2) is 10.2. The molecule has 1 amide bonds. The highest BCUT2D eigenvalue weighted by Crippen LogP contribution is 2.13. The zero-order chi connectivity index (χ0) is 20.6. The van der Waals surface area contributed by atoms with Gasteiger partial charge in [-0.25, -0.2) is 8.42 Å². The molecule has 0 aliphatic rings. The number of hydrogen-bond acceptors (Lipinski definition) is 4. The molecule has 0 bridgehead atoms. The Hall–Kier alpha value is -2.38. The number of sulfonamides is 1. The van der Waals surface area contributed by atoms with Gasteiger partial charge in [0, 0.05) is 25.3 Å². The first-order valence-corrected chi connectivity index (χ1v) is 11.0. The van der Waals surface area contributed by atoms with Gasteiger partial charge < -0.3 is 10.2 Å². The van der Waals surface area contributed by atoms with Crippen LogP contribution in [0.5, 0.6) is 0 Å². The molecule has 0 aliphatic carbocycles. The molecule has 2 aromatic carbocycles. The summed E-state index contributed by atoms with van der Waals surface area (Å²) in [5.41, 5.74) is 2.12. The molecule has 0 spiro atoms.